The highest BCUT2D eigenvalue weighted by Crippen LogP contribution is 2.21. The summed E-state index contributed by atoms with van der Waals surface area (Å²) < 4.78 is 0. The van der Waals surface area contributed by atoms with Crippen molar-refractivity contribution in [1.29, 1.82) is 0 Å². The minimum absolute atomic E-state index is 0.510. The van der Waals surface area contributed by atoms with Gasteiger partial charge in [0.25, 0.3) is 0 Å². The van der Waals surface area contributed by atoms with Crippen LogP contribution in [0.4, 0.5) is 10.8 Å². The molecule has 0 atom stereocenters. The van der Waals surface area contributed by atoms with Crippen LogP contribution >= 0.6 is 11.3 Å². The molecule has 2 aromatic heterocycles. The van der Waals surface area contributed by atoms with E-state index in [1.54, 1.807) is 16.8 Å². The molecule has 3 heterocycles. The third kappa shape index (κ3) is 2.59. The normalized spacial score (nSPS) is 16.8. The first kappa shape index (κ1) is 11.4. The van der Waals surface area contributed by atoms with Crippen LogP contribution in [0.5, 0.6) is 0 Å². The van der Waals surface area contributed by atoms with Crippen LogP contribution < -0.4 is 10.2 Å². The number of nitrogens with one attached hydrogen (secondary N) is 1. The Bertz CT molecular complexity index is 464. The second-order valence-electron chi connectivity index (χ2n) is 4.35. The minimum Gasteiger partial charge on any atom is -0.371 e. The van der Waals surface area contributed by atoms with Crippen molar-refractivity contribution in [2.75, 3.05) is 23.3 Å². The number of nitrogens with zero attached hydrogens (tertiary/aromatic N) is 4. The maximum Gasteiger partial charge on any atom is 0.205 e. The number of hydrogen-bond acceptors (Lipinski definition) is 6. The fourth-order valence-corrected chi connectivity index (χ4v) is 2.77. The van der Waals surface area contributed by atoms with Gasteiger partial charge in [0.1, 0.15) is 5.51 Å². The Balaban J connectivity index is 1.55. The second kappa shape index (κ2) is 5.30. The van der Waals surface area contributed by atoms with E-state index in [1.807, 2.05) is 12.4 Å². The molecule has 1 fully saturated rings. The average Bonchev–Trinajstić information content (AvgIpc) is 2.94. The minimum atomic E-state index is 0.510. The second-order valence-corrected chi connectivity index (χ2v) is 5.19. The van der Waals surface area contributed by atoms with Crippen molar-refractivity contribution in [3.63, 3.8) is 0 Å². The lowest BCUT2D eigenvalue weighted by Gasteiger charge is -2.33. The van der Waals surface area contributed by atoms with E-state index in [0.717, 1.165) is 31.1 Å². The van der Waals surface area contributed by atoms with Crippen LogP contribution in [0.1, 0.15) is 12.8 Å². The third-order valence-electron chi connectivity index (χ3n) is 3.21. The van der Waals surface area contributed by atoms with E-state index in [1.165, 1.54) is 5.69 Å². The molecule has 94 valence electrons. The fraction of sp³-hybridized carbons (Fsp3) is 0.417. The monoisotopic (exact) mass is 261 g/mol. The van der Waals surface area contributed by atoms with Gasteiger partial charge in [-0.05, 0) is 25.0 Å². The summed E-state index contributed by atoms with van der Waals surface area (Å²) in [4.78, 5) is 6.45. The van der Waals surface area contributed by atoms with E-state index in [-0.39, 0.29) is 0 Å². The summed E-state index contributed by atoms with van der Waals surface area (Å²) in [6, 6.07) is 4.65. The van der Waals surface area contributed by atoms with Gasteiger partial charge in [0.05, 0.1) is 0 Å². The lowest BCUT2D eigenvalue weighted by molar-refractivity contribution is 0.526. The number of hydrogen-bond donors (Lipinski definition) is 1. The summed E-state index contributed by atoms with van der Waals surface area (Å²) in [5.41, 5.74) is 3.02. The molecular formula is C12H15N5S. The summed E-state index contributed by atoms with van der Waals surface area (Å²) in [5.74, 6) is 0. The third-order valence-corrected chi connectivity index (χ3v) is 3.83. The van der Waals surface area contributed by atoms with Crippen molar-refractivity contribution < 1.29 is 0 Å². The van der Waals surface area contributed by atoms with Crippen molar-refractivity contribution in [2.45, 2.75) is 18.9 Å². The highest BCUT2D eigenvalue weighted by molar-refractivity contribution is 7.13. The molecule has 0 radical (unpaired) electrons. The Labute approximate surface area is 110 Å². The van der Waals surface area contributed by atoms with Gasteiger partial charge in [-0.3, -0.25) is 4.98 Å². The molecule has 1 aliphatic rings. The van der Waals surface area contributed by atoms with E-state index >= 15 is 0 Å². The first-order chi connectivity index (χ1) is 8.92. The summed E-state index contributed by atoms with van der Waals surface area (Å²) in [6.45, 7) is 2.14. The van der Waals surface area contributed by atoms with Gasteiger partial charge in [-0.25, -0.2) is 0 Å². The molecule has 3 rings (SSSR count). The van der Waals surface area contributed by atoms with Crippen LogP contribution in [-0.2, 0) is 0 Å². The zero-order chi connectivity index (χ0) is 12.2. The SMILES string of the molecule is c1cc(N2CCC(Nc3nncs3)CC2)ccn1. The van der Waals surface area contributed by atoms with Crippen molar-refractivity contribution in [2.24, 2.45) is 0 Å². The molecule has 18 heavy (non-hydrogen) atoms. The van der Waals surface area contributed by atoms with Gasteiger partial charge in [0.15, 0.2) is 0 Å². The van der Waals surface area contributed by atoms with Crippen molar-refractivity contribution in [3.05, 3.63) is 30.0 Å². The van der Waals surface area contributed by atoms with Crippen LogP contribution in [0.15, 0.2) is 30.0 Å². The van der Waals surface area contributed by atoms with Crippen LogP contribution in [0.25, 0.3) is 0 Å². The fourth-order valence-electron chi connectivity index (χ4n) is 2.25. The number of piperidine rings is 1. The zero-order valence-corrected chi connectivity index (χ0v) is 10.8. The van der Waals surface area contributed by atoms with Crippen LogP contribution in [0.2, 0.25) is 0 Å². The van der Waals surface area contributed by atoms with Gasteiger partial charge in [-0.1, -0.05) is 11.3 Å². The van der Waals surface area contributed by atoms with Crippen molar-refractivity contribution >= 4 is 22.2 Å². The topological polar surface area (TPSA) is 53.9 Å². The Morgan fingerprint density at radius 1 is 1.22 bits per heavy atom. The molecule has 0 saturated carbocycles. The van der Waals surface area contributed by atoms with Crippen molar-refractivity contribution in [1.82, 2.24) is 15.2 Å². The molecule has 0 bridgehead atoms. The lowest BCUT2D eigenvalue weighted by atomic mass is 10.0. The molecule has 1 saturated heterocycles. The molecule has 5 nitrogen and oxygen atoms in total. The van der Waals surface area contributed by atoms with Gasteiger partial charge in [-0.2, -0.15) is 0 Å². The molecule has 6 heteroatoms. The van der Waals surface area contributed by atoms with Crippen LogP contribution in [0.3, 0.4) is 0 Å². The summed E-state index contributed by atoms with van der Waals surface area (Å²) in [5, 5.41) is 12.2. The van der Waals surface area contributed by atoms with Gasteiger partial charge < -0.3 is 10.2 Å². The molecule has 1 N–H and O–H groups in total. The van der Waals surface area contributed by atoms with Crippen LogP contribution in [-0.4, -0.2) is 34.3 Å². The highest BCUT2D eigenvalue weighted by atomic mass is 32.1. The number of pyridine rings is 1. The predicted molar refractivity (Wildman–Crippen MR) is 73.0 cm³/mol. The summed E-state index contributed by atoms with van der Waals surface area (Å²) in [7, 11) is 0. The Hall–Kier alpha value is -1.69. The van der Waals surface area contributed by atoms with Gasteiger partial charge in [-0.15, -0.1) is 10.2 Å². The van der Waals surface area contributed by atoms with Gasteiger partial charge in [0.2, 0.25) is 5.13 Å². The molecule has 0 aromatic carbocycles. The predicted octanol–water partition coefficient (Wildman–Crippen LogP) is 2.01. The van der Waals surface area contributed by atoms with E-state index in [4.69, 9.17) is 0 Å². The first-order valence-electron chi connectivity index (χ1n) is 6.09. The van der Waals surface area contributed by atoms with E-state index < -0.39 is 0 Å². The maximum absolute atomic E-state index is 4.05. The standard InChI is InChI=1S/C12H15N5S/c1-5-13-6-2-11(1)17-7-3-10(4-8-17)15-12-16-14-9-18-12/h1-2,5-6,9-10H,3-4,7-8H2,(H,15,16). The Morgan fingerprint density at radius 2 is 2.00 bits per heavy atom. The zero-order valence-electron chi connectivity index (χ0n) is 9.99. The smallest absolute Gasteiger partial charge is 0.205 e. The quantitative estimate of drug-likeness (QED) is 0.916. The molecule has 1 aliphatic heterocycles. The van der Waals surface area contributed by atoms with E-state index in [9.17, 15) is 0 Å². The Morgan fingerprint density at radius 3 is 2.67 bits per heavy atom. The molecule has 0 amide bonds. The molecular weight excluding hydrogens is 246 g/mol. The Kier molecular flexibility index (Phi) is 3.36. The summed E-state index contributed by atoms with van der Waals surface area (Å²) in [6.07, 6.45) is 5.95. The largest absolute Gasteiger partial charge is 0.371 e. The van der Waals surface area contributed by atoms with Gasteiger partial charge in [0, 0.05) is 37.2 Å². The van der Waals surface area contributed by atoms with E-state index in [2.05, 4.69) is 37.5 Å². The molecule has 0 aliphatic carbocycles. The highest BCUT2D eigenvalue weighted by Gasteiger charge is 2.19. The maximum atomic E-state index is 4.05. The number of rotatable bonds is 3. The first-order valence-corrected chi connectivity index (χ1v) is 6.97. The van der Waals surface area contributed by atoms with E-state index in [0.29, 0.717) is 6.04 Å². The molecule has 2 aromatic rings. The molecule has 0 spiro atoms. The molecule has 0 unspecified atom stereocenters. The van der Waals surface area contributed by atoms with Crippen LogP contribution in [0, 0.1) is 0 Å². The number of anilines is 2. The van der Waals surface area contributed by atoms with Gasteiger partial charge >= 0.3 is 0 Å². The van der Waals surface area contributed by atoms with Crippen molar-refractivity contribution in [3.8, 4) is 0 Å². The average molecular weight is 261 g/mol. The summed E-state index contributed by atoms with van der Waals surface area (Å²) >= 11 is 1.56. The number of aromatic nitrogens is 3. The lowest BCUT2D eigenvalue weighted by Crippen LogP contribution is -2.39.